The fourth-order valence-corrected chi connectivity index (χ4v) is 4.55. The summed E-state index contributed by atoms with van der Waals surface area (Å²) < 4.78 is 30.3. The van der Waals surface area contributed by atoms with Gasteiger partial charge in [0.15, 0.2) is 11.5 Å². The molecular formula is C22H29N3O6S. The molecule has 1 saturated heterocycles. The van der Waals surface area contributed by atoms with Gasteiger partial charge in [0.05, 0.1) is 18.8 Å². The lowest BCUT2D eigenvalue weighted by Gasteiger charge is -2.23. The third-order valence-corrected chi connectivity index (χ3v) is 6.63. The smallest absolute Gasteiger partial charge is 0.287 e. The van der Waals surface area contributed by atoms with Crippen LogP contribution < -0.4 is 10.6 Å². The maximum atomic E-state index is 13.0. The molecule has 3 rings (SSSR count). The van der Waals surface area contributed by atoms with Crippen LogP contribution in [-0.4, -0.2) is 61.7 Å². The van der Waals surface area contributed by atoms with Gasteiger partial charge in [0.25, 0.3) is 5.91 Å². The monoisotopic (exact) mass is 463 g/mol. The van der Waals surface area contributed by atoms with Crippen molar-refractivity contribution in [3.05, 3.63) is 36.1 Å². The van der Waals surface area contributed by atoms with Crippen LogP contribution in [0.1, 0.15) is 43.7 Å². The zero-order valence-corrected chi connectivity index (χ0v) is 19.3. The summed E-state index contributed by atoms with van der Waals surface area (Å²) in [4.78, 5) is 38.3. The van der Waals surface area contributed by atoms with Crippen LogP contribution in [0, 0.1) is 5.92 Å². The van der Waals surface area contributed by atoms with E-state index >= 15 is 0 Å². The van der Waals surface area contributed by atoms with Crippen LogP contribution in [0.2, 0.25) is 0 Å². The molecule has 1 aliphatic rings. The number of Topliss-reactive ketones (excluding diaryl/α,β-unsaturated/α-hetero) is 1. The lowest BCUT2D eigenvalue weighted by atomic mass is 10.0. The van der Waals surface area contributed by atoms with E-state index in [9.17, 15) is 22.8 Å². The molecule has 9 nitrogen and oxygen atoms in total. The molecule has 174 valence electrons. The Labute approximate surface area is 187 Å². The van der Waals surface area contributed by atoms with E-state index in [1.165, 1.54) is 0 Å². The number of carbonyl (C=O) groups excluding carboxylic acids is 3. The highest BCUT2D eigenvalue weighted by molar-refractivity contribution is 7.88. The third kappa shape index (κ3) is 5.95. The van der Waals surface area contributed by atoms with Crippen molar-refractivity contribution in [2.45, 2.75) is 45.2 Å². The molecule has 32 heavy (non-hydrogen) atoms. The fourth-order valence-electron chi connectivity index (χ4n) is 3.73. The minimum atomic E-state index is -3.49. The second-order valence-electron chi connectivity index (χ2n) is 8.57. The third-order valence-electron chi connectivity index (χ3n) is 5.38. The van der Waals surface area contributed by atoms with Gasteiger partial charge in [-0.15, -0.1) is 0 Å². The molecule has 1 aromatic heterocycles. The van der Waals surface area contributed by atoms with Gasteiger partial charge in [0, 0.05) is 11.9 Å². The summed E-state index contributed by atoms with van der Waals surface area (Å²) in [6, 6.07) is 7.17. The summed E-state index contributed by atoms with van der Waals surface area (Å²) in [6.45, 7) is 3.81. The van der Waals surface area contributed by atoms with E-state index in [2.05, 4.69) is 10.6 Å². The molecule has 2 N–H and O–H groups in total. The number of benzene rings is 1. The van der Waals surface area contributed by atoms with Gasteiger partial charge in [-0.2, -0.15) is 4.31 Å². The predicted molar refractivity (Wildman–Crippen MR) is 120 cm³/mol. The maximum absolute atomic E-state index is 13.0. The number of ketones is 1. The van der Waals surface area contributed by atoms with Crippen LogP contribution >= 0.6 is 0 Å². The maximum Gasteiger partial charge on any atom is 0.287 e. The van der Waals surface area contributed by atoms with E-state index in [0.717, 1.165) is 15.9 Å². The van der Waals surface area contributed by atoms with E-state index in [-0.39, 0.29) is 30.6 Å². The van der Waals surface area contributed by atoms with Crippen molar-refractivity contribution in [3.8, 4) is 0 Å². The van der Waals surface area contributed by atoms with Crippen molar-refractivity contribution < 1.29 is 27.2 Å². The molecule has 1 fully saturated rings. The van der Waals surface area contributed by atoms with Gasteiger partial charge in [-0.25, -0.2) is 8.42 Å². The highest BCUT2D eigenvalue weighted by Crippen LogP contribution is 2.19. The molecule has 2 aromatic rings. The standard InChI is InChI=1S/C22H29N3O6S/c1-14(2)11-17(24-22(28)20-12-15-7-4-5-9-19(15)31-20)21(27)23-16-8-6-10-25(13-18(16)26)32(3,29)30/h4-5,7,9,12,14,16-17H,6,8,10-11,13H2,1-3H3,(H,23,27)(H,24,28)/t16-,17?/m0/s1. The van der Waals surface area contributed by atoms with Gasteiger partial charge in [-0.3, -0.25) is 14.4 Å². The number of hydrogen-bond donors (Lipinski definition) is 2. The Bertz CT molecular complexity index is 1070. The summed E-state index contributed by atoms with van der Waals surface area (Å²) >= 11 is 0. The van der Waals surface area contributed by atoms with Gasteiger partial charge >= 0.3 is 0 Å². The topological polar surface area (TPSA) is 126 Å². The van der Waals surface area contributed by atoms with Crippen molar-refractivity contribution in [1.82, 2.24) is 14.9 Å². The number of fused-ring (bicyclic) bond motifs is 1. The number of carbonyl (C=O) groups is 3. The number of amides is 2. The zero-order valence-electron chi connectivity index (χ0n) is 18.5. The fraction of sp³-hybridized carbons (Fsp3) is 0.500. The Kier molecular flexibility index (Phi) is 7.35. The van der Waals surface area contributed by atoms with Gasteiger partial charge in [0.2, 0.25) is 15.9 Å². The summed E-state index contributed by atoms with van der Waals surface area (Å²) in [5.74, 6) is -1.16. The molecule has 2 atom stereocenters. The Hall–Kier alpha value is -2.72. The van der Waals surface area contributed by atoms with Crippen LogP contribution in [-0.2, 0) is 19.6 Å². The summed E-state index contributed by atoms with van der Waals surface area (Å²) in [5.41, 5.74) is 0.571. The first-order chi connectivity index (χ1) is 15.0. The van der Waals surface area contributed by atoms with E-state index in [4.69, 9.17) is 4.42 Å². The number of para-hydroxylation sites is 1. The second-order valence-corrected chi connectivity index (χ2v) is 10.6. The molecule has 2 amide bonds. The molecule has 1 aliphatic heterocycles. The second kappa shape index (κ2) is 9.83. The van der Waals surface area contributed by atoms with E-state index in [0.29, 0.717) is 24.8 Å². The lowest BCUT2D eigenvalue weighted by Crippen LogP contribution is -2.52. The van der Waals surface area contributed by atoms with Crippen molar-refractivity contribution in [2.75, 3.05) is 19.3 Å². The van der Waals surface area contributed by atoms with Crippen LogP contribution in [0.4, 0.5) is 0 Å². The summed E-state index contributed by atoms with van der Waals surface area (Å²) in [6.07, 6.45) is 2.21. The molecule has 2 heterocycles. The minimum Gasteiger partial charge on any atom is -0.451 e. The van der Waals surface area contributed by atoms with Gasteiger partial charge in [0.1, 0.15) is 11.6 Å². The Morgan fingerprint density at radius 3 is 2.62 bits per heavy atom. The van der Waals surface area contributed by atoms with Crippen molar-refractivity contribution in [1.29, 1.82) is 0 Å². The van der Waals surface area contributed by atoms with Gasteiger partial charge < -0.3 is 15.1 Å². The zero-order chi connectivity index (χ0) is 23.5. The predicted octanol–water partition coefficient (Wildman–Crippen LogP) is 1.69. The molecular weight excluding hydrogens is 434 g/mol. The number of furan rings is 1. The highest BCUT2D eigenvalue weighted by Gasteiger charge is 2.32. The van der Waals surface area contributed by atoms with E-state index in [1.807, 2.05) is 26.0 Å². The number of hydrogen-bond acceptors (Lipinski definition) is 6. The van der Waals surface area contributed by atoms with Gasteiger partial charge in [-0.1, -0.05) is 32.0 Å². The molecule has 0 radical (unpaired) electrons. The normalized spacial score (nSPS) is 19.0. The molecule has 0 spiro atoms. The summed E-state index contributed by atoms with van der Waals surface area (Å²) in [5, 5.41) is 6.21. The minimum absolute atomic E-state index is 0.0992. The van der Waals surface area contributed by atoms with Crippen LogP contribution in [0.3, 0.4) is 0 Å². The highest BCUT2D eigenvalue weighted by atomic mass is 32.2. The summed E-state index contributed by atoms with van der Waals surface area (Å²) in [7, 11) is -3.49. The Morgan fingerprint density at radius 2 is 1.97 bits per heavy atom. The Balaban J connectivity index is 1.70. The number of sulfonamides is 1. The van der Waals surface area contributed by atoms with Crippen LogP contribution in [0.25, 0.3) is 11.0 Å². The van der Waals surface area contributed by atoms with Crippen molar-refractivity contribution in [3.63, 3.8) is 0 Å². The Morgan fingerprint density at radius 1 is 1.25 bits per heavy atom. The molecule has 0 bridgehead atoms. The van der Waals surface area contributed by atoms with E-state index in [1.54, 1.807) is 18.2 Å². The van der Waals surface area contributed by atoms with Crippen LogP contribution in [0.5, 0.6) is 0 Å². The van der Waals surface area contributed by atoms with Gasteiger partial charge in [-0.05, 0) is 37.3 Å². The van der Waals surface area contributed by atoms with Crippen molar-refractivity contribution in [2.24, 2.45) is 5.92 Å². The first kappa shape index (κ1) is 23.9. The number of nitrogens with one attached hydrogen (secondary N) is 2. The van der Waals surface area contributed by atoms with Crippen molar-refractivity contribution >= 4 is 38.6 Å². The lowest BCUT2D eigenvalue weighted by molar-refractivity contribution is -0.129. The molecule has 10 heteroatoms. The molecule has 0 saturated carbocycles. The average Bonchev–Trinajstić information content (AvgIpc) is 3.05. The first-order valence-electron chi connectivity index (χ1n) is 10.6. The molecule has 0 aliphatic carbocycles. The largest absolute Gasteiger partial charge is 0.451 e. The van der Waals surface area contributed by atoms with Crippen LogP contribution in [0.15, 0.2) is 34.7 Å². The first-order valence-corrected chi connectivity index (χ1v) is 12.5. The quantitative estimate of drug-likeness (QED) is 0.644. The average molecular weight is 464 g/mol. The van der Waals surface area contributed by atoms with E-state index < -0.39 is 33.9 Å². The SMILES string of the molecule is CC(C)CC(NC(=O)c1cc2ccccc2o1)C(=O)N[C@H]1CCCN(S(C)(=O)=O)CC1=O. The number of rotatable bonds is 7. The number of nitrogens with zero attached hydrogens (tertiary/aromatic N) is 1. The molecule has 1 aromatic carbocycles. The molecule has 1 unspecified atom stereocenters.